The number of hydrogen-bond donors (Lipinski definition) is 1. The lowest BCUT2D eigenvalue weighted by Gasteiger charge is -1.97. The van der Waals surface area contributed by atoms with Crippen molar-refractivity contribution >= 4 is 5.97 Å². The molecule has 5 heteroatoms. The first-order valence-electron chi connectivity index (χ1n) is 3.88. The molecule has 1 aromatic heterocycles. The van der Waals surface area contributed by atoms with E-state index in [4.69, 9.17) is 4.74 Å². The number of H-pyrrole nitrogens is 1. The lowest BCUT2D eigenvalue weighted by molar-refractivity contribution is -0.134. The third kappa shape index (κ3) is 1.81. The van der Waals surface area contributed by atoms with Gasteiger partial charge in [0, 0.05) is 6.42 Å². The van der Waals surface area contributed by atoms with Gasteiger partial charge in [0.1, 0.15) is 5.69 Å². The van der Waals surface area contributed by atoms with Crippen molar-refractivity contribution in [1.29, 1.82) is 0 Å². The molecule has 0 bridgehead atoms. The Morgan fingerprint density at radius 1 is 1.50 bits per heavy atom. The van der Waals surface area contributed by atoms with Crippen molar-refractivity contribution in [3.63, 3.8) is 0 Å². The van der Waals surface area contributed by atoms with Crippen LogP contribution in [0.2, 0.25) is 0 Å². The third-order valence-corrected chi connectivity index (χ3v) is 1.42. The summed E-state index contributed by atoms with van der Waals surface area (Å²) < 4.78 is 4.88. The topological polar surface area (TPSA) is 67.9 Å². The van der Waals surface area contributed by atoms with Crippen LogP contribution in [-0.2, 0) is 11.2 Å². The molecule has 0 amide bonds. The number of ether oxygens (including phenoxy) is 1. The van der Waals surface area contributed by atoms with Gasteiger partial charge in [0.15, 0.2) is 0 Å². The fourth-order valence-corrected chi connectivity index (χ4v) is 0.735. The van der Waals surface area contributed by atoms with Gasteiger partial charge in [-0.25, -0.2) is 0 Å². The molecule has 1 rings (SSSR count). The summed E-state index contributed by atoms with van der Waals surface area (Å²) in [5.74, 6) is 0.00273. The first-order chi connectivity index (χ1) is 5.77. The predicted octanol–water partition coefficient (Wildman–Crippen LogP) is 0.682. The van der Waals surface area contributed by atoms with Gasteiger partial charge in [0.2, 0.25) is 0 Å². The van der Waals surface area contributed by atoms with Gasteiger partial charge in [-0.05, 0) is 6.42 Å². The molecule has 0 radical (unpaired) electrons. The van der Waals surface area contributed by atoms with E-state index in [0.29, 0.717) is 24.4 Å². The highest BCUT2D eigenvalue weighted by Gasteiger charge is 2.09. The van der Waals surface area contributed by atoms with Gasteiger partial charge >= 0.3 is 5.97 Å². The molecule has 0 aliphatic heterocycles. The minimum Gasteiger partial charge on any atom is -0.404 e. The number of carbonyl (C=O) groups is 1. The average molecular weight is 169 g/mol. The van der Waals surface area contributed by atoms with Gasteiger partial charge in [0.25, 0.3) is 5.88 Å². The number of hydrogen-bond acceptors (Lipinski definition) is 4. The maximum Gasteiger partial charge on any atom is 0.312 e. The summed E-state index contributed by atoms with van der Waals surface area (Å²) in [6.45, 7) is 3.65. The van der Waals surface area contributed by atoms with Crippen LogP contribution in [0.5, 0.6) is 5.88 Å². The van der Waals surface area contributed by atoms with Crippen LogP contribution in [0.15, 0.2) is 0 Å². The number of nitrogens with one attached hydrogen (secondary N) is 1. The zero-order valence-electron chi connectivity index (χ0n) is 7.13. The van der Waals surface area contributed by atoms with Crippen LogP contribution in [0.1, 0.15) is 26.0 Å². The molecule has 66 valence electrons. The smallest absolute Gasteiger partial charge is 0.312 e. The molecular formula is C7H11N3O2. The predicted molar refractivity (Wildman–Crippen MR) is 41.7 cm³/mol. The molecule has 0 saturated heterocycles. The van der Waals surface area contributed by atoms with Crippen LogP contribution in [0.3, 0.4) is 0 Å². The Kier molecular flexibility index (Phi) is 2.79. The van der Waals surface area contributed by atoms with Gasteiger partial charge in [0.05, 0.1) is 0 Å². The lowest BCUT2D eigenvalue weighted by atomic mass is 10.3. The number of nitrogens with zero attached hydrogens (tertiary/aromatic N) is 2. The summed E-state index contributed by atoms with van der Waals surface area (Å²) in [6.07, 6.45) is 1.04. The number of esters is 1. The van der Waals surface area contributed by atoms with E-state index in [0.717, 1.165) is 0 Å². The number of carbonyl (C=O) groups excluding carboxylic acids is 1. The van der Waals surface area contributed by atoms with Gasteiger partial charge in [-0.1, -0.05) is 13.8 Å². The largest absolute Gasteiger partial charge is 0.404 e. The molecule has 0 aliphatic carbocycles. The van der Waals surface area contributed by atoms with E-state index < -0.39 is 0 Å². The summed E-state index contributed by atoms with van der Waals surface area (Å²) in [5.41, 5.74) is 0.678. The van der Waals surface area contributed by atoms with Crippen molar-refractivity contribution in [3.05, 3.63) is 5.69 Å². The fourth-order valence-electron chi connectivity index (χ4n) is 0.735. The van der Waals surface area contributed by atoms with Crippen molar-refractivity contribution in [1.82, 2.24) is 15.4 Å². The van der Waals surface area contributed by atoms with Crippen molar-refractivity contribution < 1.29 is 9.53 Å². The summed E-state index contributed by atoms with van der Waals surface area (Å²) in [5, 5.41) is 9.91. The van der Waals surface area contributed by atoms with Crippen molar-refractivity contribution in [3.8, 4) is 5.88 Å². The highest BCUT2D eigenvalue weighted by Crippen LogP contribution is 2.11. The Labute approximate surface area is 70.1 Å². The summed E-state index contributed by atoms with van der Waals surface area (Å²) in [4.78, 5) is 10.8. The SMILES string of the molecule is CCC(=O)Oc1n[nH]nc1CC. The maximum absolute atomic E-state index is 10.8. The number of aromatic amines is 1. The summed E-state index contributed by atoms with van der Waals surface area (Å²) >= 11 is 0. The van der Waals surface area contributed by atoms with Crippen molar-refractivity contribution in [2.45, 2.75) is 26.7 Å². The van der Waals surface area contributed by atoms with Gasteiger partial charge in [-0.15, -0.1) is 5.10 Å². The number of aromatic nitrogens is 3. The minimum atomic E-state index is -0.293. The second-order valence-corrected chi connectivity index (χ2v) is 2.26. The van der Waals surface area contributed by atoms with Crippen LogP contribution in [0.4, 0.5) is 0 Å². The van der Waals surface area contributed by atoms with Crippen LogP contribution in [0, 0.1) is 0 Å². The second kappa shape index (κ2) is 3.85. The number of aryl methyl sites for hydroxylation is 1. The Hall–Kier alpha value is -1.39. The van der Waals surface area contributed by atoms with Crippen LogP contribution >= 0.6 is 0 Å². The molecule has 0 spiro atoms. The van der Waals surface area contributed by atoms with Crippen molar-refractivity contribution in [2.75, 3.05) is 0 Å². The average Bonchev–Trinajstić information content (AvgIpc) is 2.51. The molecule has 0 atom stereocenters. The normalized spacial score (nSPS) is 9.83. The first kappa shape index (κ1) is 8.70. The molecule has 5 nitrogen and oxygen atoms in total. The first-order valence-corrected chi connectivity index (χ1v) is 3.88. The van der Waals surface area contributed by atoms with Gasteiger partial charge in [-0.2, -0.15) is 10.3 Å². The fraction of sp³-hybridized carbons (Fsp3) is 0.571. The zero-order valence-corrected chi connectivity index (χ0v) is 7.13. The third-order valence-electron chi connectivity index (χ3n) is 1.42. The minimum absolute atomic E-state index is 0.293. The molecule has 1 aromatic rings. The lowest BCUT2D eigenvalue weighted by Crippen LogP contribution is -2.07. The molecule has 0 fully saturated rings. The van der Waals surface area contributed by atoms with E-state index in [1.807, 2.05) is 6.92 Å². The standard InChI is InChI=1S/C7H11N3O2/c1-3-5-7(9-10-8-5)12-6(11)4-2/h3-4H2,1-2H3,(H,8,9,10). The summed E-state index contributed by atoms with van der Waals surface area (Å²) in [7, 11) is 0. The Balaban J connectivity index is 2.68. The Bertz CT molecular complexity index is 269. The second-order valence-electron chi connectivity index (χ2n) is 2.26. The molecule has 0 unspecified atom stereocenters. The Morgan fingerprint density at radius 3 is 2.83 bits per heavy atom. The highest BCUT2D eigenvalue weighted by molar-refractivity contribution is 5.71. The van der Waals surface area contributed by atoms with E-state index >= 15 is 0 Å². The molecule has 0 aromatic carbocycles. The molecule has 1 N–H and O–H groups in total. The maximum atomic E-state index is 10.8. The summed E-state index contributed by atoms with van der Waals surface area (Å²) in [6, 6.07) is 0. The van der Waals surface area contributed by atoms with Gasteiger partial charge < -0.3 is 4.74 Å². The molecule has 0 aliphatic rings. The molecule has 12 heavy (non-hydrogen) atoms. The van der Waals surface area contributed by atoms with Gasteiger partial charge in [-0.3, -0.25) is 4.79 Å². The number of rotatable bonds is 3. The monoisotopic (exact) mass is 169 g/mol. The van der Waals surface area contributed by atoms with E-state index in [2.05, 4.69) is 15.4 Å². The van der Waals surface area contributed by atoms with E-state index in [-0.39, 0.29) is 5.97 Å². The van der Waals surface area contributed by atoms with Crippen LogP contribution in [0.25, 0.3) is 0 Å². The van der Waals surface area contributed by atoms with Crippen LogP contribution in [-0.4, -0.2) is 21.4 Å². The molecule has 1 heterocycles. The quantitative estimate of drug-likeness (QED) is 0.675. The van der Waals surface area contributed by atoms with E-state index in [1.54, 1.807) is 6.92 Å². The molecular weight excluding hydrogens is 158 g/mol. The van der Waals surface area contributed by atoms with Crippen molar-refractivity contribution in [2.24, 2.45) is 0 Å². The van der Waals surface area contributed by atoms with E-state index in [9.17, 15) is 4.79 Å². The zero-order chi connectivity index (χ0) is 8.97. The molecule has 0 saturated carbocycles. The van der Waals surface area contributed by atoms with Crippen LogP contribution < -0.4 is 4.74 Å². The Morgan fingerprint density at radius 2 is 2.25 bits per heavy atom. The highest BCUT2D eigenvalue weighted by atomic mass is 16.5. The van der Waals surface area contributed by atoms with E-state index in [1.165, 1.54) is 0 Å².